The second-order valence-electron chi connectivity index (χ2n) is 7.91. The summed E-state index contributed by atoms with van der Waals surface area (Å²) in [5.74, 6) is 4.43. The Labute approximate surface area is 124 Å². The second kappa shape index (κ2) is 5.77. The highest BCUT2D eigenvalue weighted by Crippen LogP contribution is 2.69. The topological polar surface area (TPSA) is 29.4 Å². The molecule has 0 aliphatic heterocycles. The predicted molar refractivity (Wildman–Crippen MR) is 83.4 cm³/mol. The van der Waals surface area contributed by atoms with Crippen molar-refractivity contribution in [3.05, 3.63) is 4.91 Å². The SMILES string of the molecule is CCCCC12CCC1CC(CN=O)CC1CC(CC)C12. The van der Waals surface area contributed by atoms with Crippen LogP contribution in [0.1, 0.15) is 71.6 Å². The molecular weight excluding hydrogens is 246 g/mol. The van der Waals surface area contributed by atoms with Crippen LogP contribution in [0.5, 0.6) is 0 Å². The van der Waals surface area contributed by atoms with Crippen molar-refractivity contribution in [1.29, 1.82) is 0 Å². The molecule has 114 valence electrons. The summed E-state index contributed by atoms with van der Waals surface area (Å²) < 4.78 is 0. The Bertz CT molecular complexity index is 355. The Morgan fingerprint density at radius 2 is 2.05 bits per heavy atom. The summed E-state index contributed by atoms with van der Waals surface area (Å²) >= 11 is 0. The van der Waals surface area contributed by atoms with Gasteiger partial charge in [0, 0.05) is 0 Å². The van der Waals surface area contributed by atoms with Crippen molar-refractivity contribution in [2.24, 2.45) is 40.2 Å². The average Bonchev–Trinajstić information content (AvgIpc) is 2.47. The molecule has 0 aromatic rings. The molecule has 2 heteroatoms. The van der Waals surface area contributed by atoms with Crippen LogP contribution in [0.2, 0.25) is 0 Å². The van der Waals surface area contributed by atoms with Gasteiger partial charge in [-0.25, -0.2) is 0 Å². The molecule has 3 fully saturated rings. The van der Waals surface area contributed by atoms with Gasteiger partial charge in [0.2, 0.25) is 0 Å². The van der Waals surface area contributed by atoms with E-state index in [1.807, 2.05) is 0 Å². The molecule has 3 saturated carbocycles. The normalized spacial score (nSPS) is 46.4. The molecule has 0 radical (unpaired) electrons. The molecule has 0 N–H and O–H groups in total. The number of nitrogens with zero attached hydrogens (tertiary/aromatic N) is 1. The zero-order valence-electron chi connectivity index (χ0n) is 13.3. The summed E-state index contributed by atoms with van der Waals surface area (Å²) in [7, 11) is 0. The molecule has 6 unspecified atom stereocenters. The molecule has 0 amide bonds. The summed E-state index contributed by atoms with van der Waals surface area (Å²) in [6.07, 6.45) is 12.5. The number of rotatable bonds is 6. The van der Waals surface area contributed by atoms with Crippen molar-refractivity contribution in [1.82, 2.24) is 0 Å². The van der Waals surface area contributed by atoms with Gasteiger partial charge in [-0.3, -0.25) is 0 Å². The van der Waals surface area contributed by atoms with Crippen molar-refractivity contribution >= 4 is 0 Å². The van der Waals surface area contributed by atoms with E-state index in [0.29, 0.717) is 17.9 Å². The molecule has 2 nitrogen and oxygen atoms in total. The number of fused-ring (bicyclic) bond motifs is 3. The van der Waals surface area contributed by atoms with Crippen molar-refractivity contribution in [2.75, 3.05) is 6.54 Å². The van der Waals surface area contributed by atoms with E-state index in [1.54, 1.807) is 0 Å². The first-order chi connectivity index (χ1) is 9.75. The minimum absolute atomic E-state index is 0.584. The summed E-state index contributed by atoms with van der Waals surface area (Å²) in [5, 5.41) is 3.24. The van der Waals surface area contributed by atoms with Crippen LogP contribution in [0.4, 0.5) is 0 Å². The van der Waals surface area contributed by atoms with Crippen LogP contribution < -0.4 is 0 Å². The quantitative estimate of drug-likeness (QED) is 0.597. The standard InChI is InChI=1S/C18H31NO/c1-3-5-7-18-8-6-16(18)10-13(12-19-20)9-15-11-14(4-2)17(15)18/h13-17H,3-12H2,1-2H3. The van der Waals surface area contributed by atoms with Gasteiger partial charge in [0.1, 0.15) is 0 Å². The largest absolute Gasteiger partial charge is 0.151 e. The Morgan fingerprint density at radius 1 is 1.20 bits per heavy atom. The molecule has 0 bridgehead atoms. The maximum Gasteiger partial charge on any atom is 0.0839 e. The Morgan fingerprint density at radius 3 is 2.65 bits per heavy atom. The minimum Gasteiger partial charge on any atom is -0.151 e. The highest BCUT2D eigenvalue weighted by atomic mass is 16.3. The number of unbranched alkanes of at least 4 members (excludes halogenated alkanes) is 1. The van der Waals surface area contributed by atoms with Gasteiger partial charge in [0.15, 0.2) is 0 Å². The number of hydrogen-bond donors (Lipinski definition) is 0. The maximum absolute atomic E-state index is 10.7. The minimum atomic E-state index is 0.584. The van der Waals surface area contributed by atoms with E-state index in [9.17, 15) is 4.91 Å². The maximum atomic E-state index is 10.7. The molecule has 6 atom stereocenters. The fraction of sp³-hybridized carbons (Fsp3) is 1.00. The first-order valence-electron chi connectivity index (χ1n) is 9.04. The van der Waals surface area contributed by atoms with Crippen molar-refractivity contribution in [3.63, 3.8) is 0 Å². The Balaban J connectivity index is 1.80. The van der Waals surface area contributed by atoms with Crippen LogP contribution >= 0.6 is 0 Å². The highest BCUT2D eigenvalue weighted by Gasteiger charge is 2.60. The molecule has 0 saturated heterocycles. The van der Waals surface area contributed by atoms with Crippen LogP contribution in [-0.4, -0.2) is 6.54 Å². The van der Waals surface area contributed by atoms with E-state index in [2.05, 4.69) is 19.0 Å². The summed E-state index contributed by atoms with van der Waals surface area (Å²) in [6.45, 7) is 5.30. The zero-order valence-corrected chi connectivity index (χ0v) is 13.3. The lowest BCUT2D eigenvalue weighted by Gasteiger charge is -2.62. The van der Waals surface area contributed by atoms with Gasteiger partial charge in [-0.1, -0.05) is 38.3 Å². The van der Waals surface area contributed by atoms with Crippen LogP contribution in [0.3, 0.4) is 0 Å². The van der Waals surface area contributed by atoms with Gasteiger partial charge in [-0.15, -0.1) is 0 Å². The number of hydrogen-bond acceptors (Lipinski definition) is 2. The molecule has 3 rings (SSSR count). The van der Waals surface area contributed by atoms with E-state index in [0.717, 1.165) is 23.7 Å². The van der Waals surface area contributed by atoms with Crippen molar-refractivity contribution in [2.45, 2.75) is 71.6 Å². The third-order valence-electron chi connectivity index (χ3n) is 7.16. The molecule has 0 aromatic heterocycles. The molecule has 0 spiro atoms. The predicted octanol–water partition coefficient (Wildman–Crippen LogP) is 5.41. The van der Waals surface area contributed by atoms with Crippen LogP contribution in [0.25, 0.3) is 0 Å². The molecule has 3 aliphatic carbocycles. The molecule has 0 aromatic carbocycles. The van der Waals surface area contributed by atoms with Gasteiger partial charge >= 0.3 is 0 Å². The molecule has 0 heterocycles. The van der Waals surface area contributed by atoms with E-state index in [1.165, 1.54) is 57.8 Å². The fourth-order valence-corrected chi connectivity index (χ4v) is 6.17. The molecular formula is C18H31NO. The van der Waals surface area contributed by atoms with Gasteiger partial charge in [0.25, 0.3) is 0 Å². The highest BCUT2D eigenvalue weighted by molar-refractivity contribution is 5.10. The van der Waals surface area contributed by atoms with Crippen LogP contribution in [-0.2, 0) is 0 Å². The van der Waals surface area contributed by atoms with Crippen LogP contribution in [0, 0.1) is 39.9 Å². The lowest BCUT2D eigenvalue weighted by Crippen LogP contribution is -2.54. The monoisotopic (exact) mass is 277 g/mol. The first kappa shape index (κ1) is 14.5. The van der Waals surface area contributed by atoms with Gasteiger partial charge in [-0.05, 0) is 73.5 Å². The smallest absolute Gasteiger partial charge is 0.0839 e. The van der Waals surface area contributed by atoms with E-state index in [4.69, 9.17) is 0 Å². The Kier molecular flexibility index (Phi) is 4.19. The average molecular weight is 277 g/mol. The Hall–Kier alpha value is -0.400. The van der Waals surface area contributed by atoms with E-state index >= 15 is 0 Å². The molecule has 20 heavy (non-hydrogen) atoms. The number of nitroso groups, excluding NO2 is 1. The third kappa shape index (κ3) is 2.14. The van der Waals surface area contributed by atoms with Gasteiger partial charge in [-0.2, -0.15) is 4.91 Å². The zero-order chi connectivity index (χ0) is 14.2. The lowest BCUT2D eigenvalue weighted by molar-refractivity contribution is -0.132. The second-order valence-corrected chi connectivity index (χ2v) is 7.91. The summed E-state index contributed by atoms with van der Waals surface area (Å²) in [4.78, 5) is 10.7. The van der Waals surface area contributed by atoms with Gasteiger partial charge in [0.05, 0.1) is 6.54 Å². The van der Waals surface area contributed by atoms with Gasteiger partial charge < -0.3 is 0 Å². The fourth-order valence-electron chi connectivity index (χ4n) is 6.17. The van der Waals surface area contributed by atoms with E-state index in [-0.39, 0.29) is 0 Å². The summed E-state index contributed by atoms with van der Waals surface area (Å²) in [5.41, 5.74) is 0.678. The van der Waals surface area contributed by atoms with Crippen molar-refractivity contribution in [3.8, 4) is 0 Å². The van der Waals surface area contributed by atoms with Crippen LogP contribution in [0.15, 0.2) is 5.18 Å². The van der Waals surface area contributed by atoms with Crippen molar-refractivity contribution < 1.29 is 0 Å². The summed E-state index contributed by atoms with van der Waals surface area (Å²) in [6, 6.07) is 0. The lowest BCUT2D eigenvalue weighted by atomic mass is 9.43. The van der Waals surface area contributed by atoms with E-state index < -0.39 is 0 Å². The molecule has 3 aliphatic rings. The first-order valence-corrected chi connectivity index (χ1v) is 9.04. The third-order valence-corrected chi connectivity index (χ3v) is 7.16.